The Kier molecular flexibility index (Phi) is 4.89. The van der Waals surface area contributed by atoms with Crippen molar-refractivity contribution in [2.24, 2.45) is 11.7 Å². The molecule has 128 valence electrons. The average molecular weight is 349 g/mol. The van der Waals surface area contributed by atoms with Crippen molar-refractivity contribution in [3.8, 4) is 0 Å². The van der Waals surface area contributed by atoms with Crippen LogP contribution in [0, 0.1) is 5.92 Å². The summed E-state index contributed by atoms with van der Waals surface area (Å²) in [6.07, 6.45) is 0.598. The Bertz CT molecular complexity index is 932. The van der Waals surface area contributed by atoms with Gasteiger partial charge in [0.15, 0.2) is 0 Å². The van der Waals surface area contributed by atoms with Gasteiger partial charge in [-0.1, -0.05) is 18.5 Å². The fraction of sp³-hybridized carbons (Fsp3) is 0.412. The van der Waals surface area contributed by atoms with Gasteiger partial charge in [0.25, 0.3) is 5.56 Å². The first kappa shape index (κ1) is 17.0. The molecular weight excluding hydrogens is 328 g/mol. The van der Waals surface area contributed by atoms with Gasteiger partial charge in [-0.15, -0.1) is 0 Å². The number of halogens is 1. The fourth-order valence-corrected chi connectivity index (χ4v) is 3.11. The van der Waals surface area contributed by atoms with Crippen molar-refractivity contribution in [1.82, 2.24) is 14.8 Å². The Morgan fingerprint density at radius 3 is 2.96 bits per heavy atom. The van der Waals surface area contributed by atoms with Crippen molar-refractivity contribution in [3.63, 3.8) is 0 Å². The van der Waals surface area contributed by atoms with Crippen LogP contribution in [0.4, 0.5) is 0 Å². The van der Waals surface area contributed by atoms with Crippen LogP contribution in [0.5, 0.6) is 0 Å². The Morgan fingerprint density at radius 2 is 2.25 bits per heavy atom. The van der Waals surface area contributed by atoms with Crippen LogP contribution in [0.15, 0.2) is 23.0 Å². The predicted molar refractivity (Wildman–Crippen MR) is 96.7 cm³/mol. The normalized spacial score (nSPS) is 13.0. The predicted octanol–water partition coefficient (Wildman–Crippen LogP) is 2.31. The van der Waals surface area contributed by atoms with Crippen LogP contribution in [0.25, 0.3) is 21.8 Å². The number of rotatable bonds is 6. The molecule has 0 aliphatic carbocycles. The van der Waals surface area contributed by atoms with Crippen LogP contribution in [-0.4, -0.2) is 35.0 Å². The number of aromatic nitrogens is 3. The highest BCUT2D eigenvalue weighted by molar-refractivity contribution is 6.31. The van der Waals surface area contributed by atoms with Crippen LogP contribution < -0.4 is 11.3 Å². The average Bonchev–Trinajstić information content (AvgIpc) is 3.00. The summed E-state index contributed by atoms with van der Waals surface area (Å²) in [5.41, 5.74) is 7.96. The summed E-state index contributed by atoms with van der Waals surface area (Å²) in [4.78, 5) is 13.1. The van der Waals surface area contributed by atoms with Crippen LogP contribution in [0.2, 0.25) is 5.02 Å². The molecule has 1 atom stereocenters. The van der Waals surface area contributed by atoms with Gasteiger partial charge < -0.3 is 15.0 Å². The number of H-pyrrole nitrogens is 1. The van der Waals surface area contributed by atoms with Crippen molar-refractivity contribution >= 4 is 33.4 Å². The molecule has 3 N–H and O–H groups in total. The van der Waals surface area contributed by atoms with Crippen LogP contribution >= 0.6 is 11.6 Å². The van der Waals surface area contributed by atoms with E-state index in [-0.39, 0.29) is 11.5 Å². The molecular formula is C17H21ClN4O2. The van der Waals surface area contributed by atoms with Gasteiger partial charge in [0.2, 0.25) is 0 Å². The largest absolute Gasteiger partial charge is 0.384 e. The molecule has 0 radical (unpaired) electrons. The molecule has 0 bridgehead atoms. The maximum absolute atomic E-state index is 13.1. The summed E-state index contributed by atoms with van der Waals surface area (Å²) in [6.45, 7) is 3.61. The lowest BCUT2D eigenvalue weighted by Crippen LogP contribution is -2.27. The molecule has 0 spiro atoms. The van der Waals surface area contributed by atoms with Gasteiger partial charge >= 0.3 is 0 Å². The Labute approximate surface area is 144 Å². The standard InChI is InChI=1S/C17H21ClN4O2/c1-10(8-19)9-22-14-4-3-11(18)7-12(14)16-15(17(22)23)13(20-21-16)5-6-24-2/h3-4,7,10H,5-6,8-9,19H2,1-2H3,(H,20,21). The summed E-state index contributed by atoms with van der Waals surface area (Å²) < 4.78 is 6.90. The first-order chi connectivity index (χ1) is 11.6. The van der Waals surface area contributed by atoms with E-state index in [2.05, 4.69) is 10.2 Å². The molecule has 0 amide bonds. The van der Waals surface area contributed by atoms with Gasteiger partial charge in [-0.3, -0.25) is 9.89 Å². The van der Waals surface area contributed by atoms with Crippen molar-refractivity contribution in [1.29, 1.82) is 0 Å². The number of fused-ring (bicyclic) bond motifs is 3. The van der Waals surface area contributed by atoms with E-state index in [9.17, 15) is 4.79 Å². The van der Waals surface area contributed by atoms with Gasteiger partial charge in [-0.05, 0) is 30.7 Å². The molecule has 2 heterocycles. The Morgan fingerprint density at radius 1 is 1.46 bits per heavy atom. The van der Waals surface area contributed by atoms with E-state index in [0.29, 0.717) is 42.0 Å². The summed E-state index contributed by atoms with van der Waals surface area (Å²) in [5, 5.41) is 9.43. The van der Waals surface area contributed by atoms with E-state index in [1.807, 2.05) is 19.1 Å². The third-order valence-electron chi connectivity index (χ3n) is 4.26. The molecule has 6 nitrogen and oxygen atoms in total. The zero-order valence-corrected chi connectivity index (χ0v) is 14.6. The van der Waals surface area contributed by atoms with Crippen LogP contribution in [0.1, 0.15) is 12.6 Å². The zero-order valence-electron chi connectivity index (χ0n) is 13.8. The van der Waals surface area contributed by atoms with E-state index >= 15 is 0 Å². The van der Waals surface area contributed by atoms with Crippen LogP contribution in [0.3, 0.4) is 0 Å². The Hall–Kier alpha value is -1.89. The molecule has 0 saturated heterocycles. The first-order valence-electron chi connectivity index (χ1n) is 7.94. The maximum Gasteiger partial charge on any atom is 0.262 e. The molecule has 2 aromatic heterocycles. The summed E-state index contributed by atoms with van der Waals surface area (Å²) in [5.74, 6) is 0.188. The second kappa shape index (κ2) is 6.93. The highest BCUT2D eigenvalue weighted by Crippen LogP contribution is 2.26. The molecule has 0 aliphatic rings. The van der Waals surface area contributed by atoms with E-state index in [1.165, 1.54) is 0 Å². The molecule has 1 unspecified atom stereocenters. The van der Waals surface area contributed by atoms with Crippen LogP contribution in [-0.2, 0) is 17.7 Å². The lowest BCUT2D eigenvalue weighted by molar-refractivity contribution is 0.201. The number of methoxy groups -OCH3 is 1. The van der Waals surface area contributed by atoms with Gasteiger partial charge in [0.1, 0.15) is 5.52 Å². The van der Waals surface area contributed by atoms with E-state index in [1.54, 1.807) is 17.7 Å². The lowest BCUT2D eigenvalue weighted by atomic mass is 10.1. The summed E-state index contributed by atoms with van der Waals surface area (Å²) >= 11 is 6.17. The smallest absolute Gasteiger partial charge is 0.262 e. The van der Waals surface area contributed by atoms with E-state index in [4.69, 9.17) is 22.1 Å². The number of aromatic amines is 1. The number of nitrogens with zero attached hydrogens (tertiary/aromatic N) is 2. The van der Waals surface area contributed by atoms with Crippen molar-refractivity contribution in [2.75, 3.05) is 20.3 Å². The summed E-state index contributed by atoms with van der Waals surface area (Å²) in [7, 11) is 1.63. The number of nitrogens with one attached hydrogen (secondary N) is 1. The minimum atomic E-state index is -0.0556. The zero-order chi connectivity index (χ0) is 17.3. The molecule has 3 aromatic rings. The minimum absolute atomic E-state index is 0.0556. The SMILES string of the molecule is COCCc1[nH]nc2c1c(=O)n(CC(C)CN)c1ccc(Cl)cc21. The lowest BCUT2D eigenvalue weighted by Gasteiger charge is -2.15. The molecule has 0 fully saturated rings. The number of hydrogen-bond acceptors (Lipinski definition) is 4. The van der Waals surface area contributed by atoms with Gasteiger partial charge in [-0.25, -0.2) is 0 Å². The van der Waals surface area contributed by atoms with Crippen molar-refractivity contribution in [2.45, 2.75) is 19.9 Å². The number of pyridine rings is 1. The highest BCUT2D eigenvalue weighted by atomic mass is 35.5. The quantitative estimate of drug-likeness (QED) is 0.715. The Balaban J connectivity index is 2.33. The molecule has 24 heavy (non-hydrogen) atoms. The minimum Gasteiger partial charge on any atom is -0.384 e. The molecule has 7 heteroatoms. The maximum atomic E-state index is 13.1. The number of benzene rings is 1. The summed E-state index contributed by atoms with van der Waals surface area (Å²) in [6, 6.07) is 5.51. The van der Waals surface area contributed by atoms with Gasteiger partial charge in [-0.2, -0.15) is 5.10 Å². The van der Waals surface area contributed by atoms with Crippen molar-refractivity contribution < 1.29 is 4.74 Å². The van der Waals surface area contributed by atoms with E-state index < -0.39 is 0 Å². The van der Waals surface area contributed by atoms with Crippen molar-refractivity contribution in [3.05, 3.63) is 39.3 Å². The second-order valence-electron chi connectivity index (χ2n) is 6.09. The monoisotopic (exact) mass is 348 g/mol. The third kappa shape index (κ3) is 2.92. The molecule has 0 saturated carbocycles. The number of hydrogen-bond donors (Lipinski definition) is 2. The highest BCUT2D eigenvalue weighted by Gasteiger charge is 2.18. The van der Waals surface area contributed by atoms with E-state index in [0.717, 1.165) is 16.6 Å². The number of ether oxygens (including phenoxy) is 1. The fourth-order valence-electron chi connectivity index (χ4n) is 2.93. The van der Waals surface area contributed by atoms with Gasteiger partial charge in [0.05, 0.1) is 23.2 Å². The molecule has 3 rings (SSSR count). The third-order valence-corrected chi connectivity index (χ3v) is 4.49. The molecule has 1 aromatic carbocycles. The van der Waals surface area contributed by atoms with Gasteiger partial charge in [0, 0.05) is 30.5 Å². The first-order valence-corrected chi connectivity index (χ1v) is 8.32. The molecule has 0 aliphatic heterocycles. The topological polar surface area (TPSA) is 85.9 Å². The number of nitrogens with two attached hydrogens (primary N) is 1. The second-order valence-corrected chi connectivity index (χ2v) is 6.52.